The summed E-state index contributed by atoms with van der Waals surface area (Å²) in [5.41, 5.74) is 0. The van der Waals surface area contributed by atoms with Gasteiger partial charge in [-0.15, -0.1) is 0 Å². The number of alkyl halides is 3. The predicted molar refractivity (Wildman–Crippen MR) is 42.1 cm³/mol. The Kier molecular flexibility index (Phi) is 6.10. The molecule has 0 rings (SSSR count). The molecule has 0 amide bonds. The molecule has 12 heavy (non-hydrogen) atoms. The Morgan fingerprint density at radius 3 is 2.08 bits per heavy atom. The maximum Gasteiger partial charge on any atom is 0.401 e. The van der Waals surface area contributed by atoms with Gasteiger partial charge < -0.3 is 10.6 Å². The van der Waals surface area contributed by atoms with E-state index in [1.807, 2.05) is 6.92 Å². The van der Waals surface area contributed by atoms with Gasteiger partial charge in [-0.1, -0.05) is 6.92 Å². The van der Waals surface area contributed by atoms with Crippen LogP contribution in [0.4, 0.5) is 13.2 Å². The largest absolute Gasteiger partial charge is 0.401 e. The summed E-state index contributed by atoms with van der Waals surface area (Å²) < 4.78 is 34.6. The van der Waals surface area contributed by atoms with Crippen LogP contribution < -0.4 is 10.6 Å². The molecule has 0 saturated carbocycles. The lowest BCUT2D eigenvalue weighted by Crippen LogP contribution is -2.34. The van der Waals surface area contributed by atoms with Gasteiger partial charge in [-0.05, 0) is 13.0 Å². The zero-order chi connectivity index (χ0) is 9.45. The van der Waals surface area contributed by atoms with Crippen molar-refractivity contribution in [2.24, 2.45) is 0 Å². The zero-order valence-electron chi connectivity index (χ0n) is 7.17. The van der Waals surface area contributed by atoms with Crippen molar-refractivity contribution < 1.29 is 13.2 Å². The van der Waals surface area contributed by atoms with Crippen LogP contribution in [0.2, 0.25) is 0 Å². The molecule has 0 aliphatic heterocycles. The molecular weight excluding hydrogens is 169 g/mol. The molecule has 0 aliphatic carbocycles. The van der Waals surface area contributed by atoms with Gasteiger partial charge in [0, 0.05) is 13.1 Å². The van der Waals surface area contributed by atoms with Gasteiger partial charge in [0.15, 0.2) is 0 Å². The quantitative estimate of drug-likeness (QED) is 0.605. The third kappa shape index (κ3) is 9.71. The van der Waals surface area contributed by atoms with E-state index in [9.17, 15) is 13.2 Å². The minimum atomic E-state index is -4.09. The van der Waals surface area contributed by atoms with Gasteiger partial charge >= 0.3 is 6.18 Å². The van der Waals surface area contributed by atoms with Crippen LogP contribution in [0.5, 0.6) is 0 Å². The third-order valence-electron chi connectivity index (χ3n) is 1.23. The summed E-state index contributed by atoms with van der Waals surface area (Å²) in [6.07, 6.45) is -3.09. The standard InChI is InChI=1S/C7H15F3N2/c1-2-3-11-4-5-12-6-7(8,9)10/h11-12H,2-6H2,1H3. The van der Waals surface area contributed by atoms with Crippen LogP contribution >= 0.6 is 0 Å². The summed E-state index contributed by atoms with van der Waals surface area (Å²) in [5, 5.41) is 5.29. The highest BCUT2D eigenvalue weighted by Crippen LogP contribution is 2.11. The summed E-state index contributed by atoms with van der Waals surface area (Å²) in [5.74, 6) is 0. The molecule has 0 heterocycles. The van der Waals surface area contributed by atoms with Gasteiger partial charge in [0.2, 0.25) is 0 Å². The van der Waals surface area contributed by atoms with E-state index in [1.165, 1.54) is 0 Å². The van der Waals surface area contributed by atoms with Crippen LogP contribution in [-0.4, -0.2) is 32.4 Å². The van der Waals surface area contributed by atoms with Gasteiger partial charge in [0.05, 0.1) is 6.54 Å². The summed E-state index contributed by atoms with van der Waals surface area (Å²) in [6, 6.07) is 0. The Morgan fingerprint density at radius 2 is 1.58 bits per heavy atom. The molecule has 0 spiro atoms. The lowest BCUT2D eigenvalue weighted by molar-refractivity contribution is -0.124. The van der Waals surface area contributed by atoms with Gasteiger partial charge in [-0.3, -0.25) is 0 Å². The molecule has 74 valence electrons. The van der Waals surface area contributed by atoms with Crippen molar-refractivity contribution in [1.29, 1.82) is 0 Å². The van der Waals surface area contributed by atoms with E-state index in [-0.39, 0.29) is 0 Å². The second-order valence-electron chi connectivity index (χ2n) is 2.54. The number of hydrogen-bond acceptors (Lipinski definition) is 2. The Bertz CT molecular complexity index is 103. The number of nitrogens with one attached hydrogen (secondary N) is 2. The smallest absolute Gasteiger partial charge is 0.315 e. The summed E-state index contributed by atoms with van der Waals surface area (Å²) in [4.78, 5) is 0. The Hall–Kier alpha value is -0.290. The van der Waals surface area contributed by atoms with E-state index in [0.29, 0.717) is 13.1 Å². The maximum atomic E-state index is 11.5. The van der Waals surface area contributed by atoms with Gasteiger partial charge in [-0.25, -0.2) is 0 Å². The molecular formula is C7H15F3N2. The fourth-order valence-electron chi connectivity index (χ4n) is 0.709. The molecule has 0 unspecified atom stereocenters. The number of halogens is 3. The van der Waals surface area contributed by atoms with Crippen molar-refractivity contribution in [3.8, 4) is 0 Å². The SMILES string of the molecule is CCCNCCNCC(F)(F)F. The van der Waals surface area contributed by atoms with Crippen molar-refractivity contribution in [2.75, 3.05) is 26.2 Å². The topological polar surface area (TPSA) is 24.1 Å². The summed E-state index contributed by atoms with van der Waals surface area (Å²) >= 11 is 0. The molecule has 2 nitrogen and oxygen atoms in total. The Balaban J connectivity index is 3.01. The van der Waals surface area contributed by atoms with Crippen LogP contribution in [0, 0.1) is 0 Å². The van der Waals surface area contributed by atoms with Gasteiger partial charge in [0.25, 0.3) is 0 Å². The van der Waals surface area contributed by atoms with Crippen LogP contribution in [0.15, 0.2) is 0 Å². The molecule has 0 atom stereocenters. The van der Waals surface area contributed by atoms with Crippen molar-refractivity contribution in [1.82, 2.24) is 10.6 Å². The van der Waals surface area contributed by atoms with E-state index in [2.05, 4.69) is 10.6 Å². The predicted octanol–water partition coefficient (Wildman–Crippen LogP) is 1.14. The lowest BCUT2D eigenvalue weighted by Gasteiger charge is -2.08. The average molecular weight is 184 g/mol. The molecule has 5 heteroatoms. The molecule has 0 aromatic heterocycles. The second-order valence-corrected chi connectivity index (χ2v) is 2.54. The van der Waals surface area contributed by atoms with Crippen LogP contribution in [-0.2, 0) is 0 Å². The highest BCUT2D eigenvalue weighted by Gasteiger charge is 2.25. The Labute approximate surface area is 70.5 Å². The molecule has 0 aromatic carbocycles. The molecule has 0 bridgehead atoms. The van der Waals surface area contributed by atoms with Crippen molar-refractivity contribution >= 4 is 0 Å². The Morgan fingerprint density at radius 1 is 1.00 bits per heavy atom. The first-order valence-electron chi connectivity index (χ1n) is 4.04. The van der Waals surface area contributed by atoms with E-state index in [0.717, 1.165) is 13.0 Å². The number of hydrogen-bond donors (Lipinski definition) is 2. The molecule has 0 radical (unpaired) electrons. The molecule has 0 saturated heterocycles. The first kappa shape index (κ1) is 11.7. The van der Waals surface area contributed by atoms with E-state index < -0.39 is 12.7 Å². The summed E-state index contributed by atoms with van der Waals surface area (Å²) in [7, 11) is 0. The molecule has 0 aliphatic rings. The third-order valence-corrected chi connectivity index (χ3v) is 1.23. The highest BCUT2D eigenvalue weighted by molar-refractivity contribution is 4.56. The fraction of sp³-hybridized carbons (Fsp3) is 1.00. The normalized spacial score (nSPS) is 12.0. The van der Waals surface area contributed by atoms with Crippen LogP contribution in [0.1, 0.15) is 13.3 Å². The van der Waals surface area contributed by atoms with Crippen molar-refractivity contribution in [3.63, 3.8) is 0 Å². The van der Waals surface area contributed by atoms with E-state index in [1.54, 1.807) is 0 Å². The second kappa shape index (κ2) is 6.25. The molecule has 0 fully saturated rings. The fourth-order valence-corrected chi connectivity index (χ4v) is 0.709. The molecule has 0 aromatic rings. The minimum absolute atomic E-state index is 0.361. The van der Waals surface area contributed by atoms with Gasteiger partial charge in [-0.2, -0.15) is 13.2 Å². The van der Waals surface area contributed by atoms with Gasteiger partial charge in [0.1, 0.15) is 0 Å². The monoisotopic (exact) mass is 184 g/mol. The van der Waals surface area contributed by atoms with Crippen LogP contribution in [0.25, 0.3) is 0 Å². The van der Waals surface area contributed by atoms with Crippen LogP contribution in [0.3, 0.4) is 0 Å². The number of rotatable bonds is 6. The molecule has 2 N–H and O–H groups in total. The average Bonchev–Trinajstić information content (AvgIpc) is 1.94. The van der Waals surface area contributed by atoms with Crippen molar-refractivity contribution in [3.05, 3.63) is 0 Å². The van der Waals surface area contributed by atoms with Crippen molar-refractivity contribution in [2.45, 2.75) is 19.5 Å². The highest BCUT2D eigenvalue weighted by atomic mass is 19.4. The zero-order valence-corrected chi connectivity index (χ0v) is 7.17. The first-order chi connectivity index (χ1) is 5.56. The lowest BCUT2D eigenvalue weighted by atomic mass is 10.4. The minimum Gasteiger partial charge on any atom is -0.315 e. The first-order valence-corrected chi connectivity index (χ1v) is 4.04. The van der Waals surface area contributed by atoms with E-state index in [4.69, 9.17) is 0 Å². The van der Waals surface area contributed by atoms with E-state index >= 15 is 0 Å². The summed E-state index contributed by atoms with van der Waals surface area (Å²) in [6.45, 7) is 2.91. The maximum absolute atomic E-state index is 11.5.